The van der Waals surface area contributed by atoms with Crippen molar-refractivity contribution in [2.24, 2.45) is 5.92 Å². The maximum absolute atomic E-state index is 12.7. The summed E-state index contributed by atoms with van der Waals surface area (Å²) in [6.07, 6.45) is 1.71. The molecule has 0 bridgehead atoms. The number of thiophene rings is 2. The summed E-state index contributed by atoms with van der Waals surface area (Å²) < 4.78 is 0. The molecule has 1 fully saturated rings. The Bertz CT molecular complexity index is 713. The van der Waals surface area contributed by atoms with E-state index in [4.69, 9.17) is 0 Å². The maximum Gasteiger partial charge on any atom is 0.263 e. The zero-order chi connectivity index (χ0) is 18.5. The minimum absolute atomic E-state index is 0.0435. The summed E-state index contributed by atoms with van der Waals surface area (Å²) in [5, 5.41) is 9.20. The van der Waals surface area contributed by atoms with Crippen molar-refractivity contribution in [1.29, 1.82) is 0 Å². The fourth-order valence-electron chi connectivity index (χ4n) is 3.34. The van der Waals surface area contributed by atoms with Crippen LogP contribution in [0.5, 0.6) is 0 Å². The molecule has 0 radical (unpaired) electrons. The maximum atomic E-state index is 12.7. The third-order valence-corrected chi connectivity index (χ3v) is 6.39. The molecule has 140 valence electrons. The van der Waals surface area contributed by atoms with Gasteiger partial charge >= 0.3 is 0 Å². The third kappa shape index (κ3) is 4.52. The summed E-state index contributed by atoms with van der Waals surface area (Å²) in [5.41, 5.74) is 1.22. The molecule has 7 heteroatoms. The van der Waals surface area contributed by atoms with Gasteiger partial charge in [-0.1, -0.05) is 6.07 Å². The highest BCUT2D eigenvalue weighted by Crippen LogP contribution is 2.22. The van der Waals surface area contributed by atoms with Crippen LogP contribution in [0.15, 0.2) is 34.3 Å². The number of hydrogen-bond donors (Lipinski definition) is 1. The summed E-state index contributed by atoms with van der Waals surface area (Å²) in [6.45, 7) is 1.82. The Morgan fingerprint density at radius 2 is 2.19 bits per heavy atom. The molecule has 2 aromatic rings. The summed E-state index contributed by atoms with van der Waals surface area (Å²) in [4.78, 5) is 29.9. The highest BCUT2D eigenvalue weighted by atomic mass is 32.1. The van der Waals surface area contributed by atoms with Crippen molar-refractivity contribution in [3.8, 4) is 0 Å². The van der Waals surface area contributed by atoms with Crippen LogP contribution in [-0.4, -0.2) is 55.3 Å². The van der Waals surface area contributed by atoms with Crippen LogP contribution in [0.2, 0.25) is 0 Å². The number of carbonyl (C=O) groups is 2. The molecule has 1 N–H and O–H groups in total. The van der Waals surface area contributed by atoms with Gasteiger partial charge in [-0.15, -0.1) is 11.3 Å². The Kier molecular flexibility index (Phi) is 6.45. The molecule has 5 nitrogen and oxygen atoms in total. The minimum Gasteiger partial charge on any atom is -0.354 e. The number of hydrogen-bond acceptors (Lipinski definition) is 5. The van der Waals surface area contributed by atoms with Crippen LogP contribution in [-0.2, 0) is 4.79 Å². The predicted octanol–water partition coefficient (Wildman–Crippen LogP) is 3.08. The van der Waals surface area contributed by atoms with Crippen LogP contribution in [0.25, 0.3) is 0 Å². The van der Waals surface area contributed by atoms with Crippen molar-refractivity contribution in [3.63, 3.8) is 0 Å². The fraction of sp³-hybridized carbons (Fsp3) is 0.474. The number of carbonyl (C=O) groups excluding carboxylic acids is 2. The number of piperidine rings is 1. The molecule has 0 spiro atoms. The monoisotopic (exact) mass is 391 g/mol. The van der Waals surface area contributed by atoms with E-state index in [-0.39, 0.29) is 23.8 Å². The van der Waals surface area contributed by atoms with Crippen LogP contribution in [0.4, 0.5) is 0 Å². The van der Waals surface area contributed by atoms with E-state index >= 15 is 0 Å². The van der Waals surface area contributed by atoms with Gasteiger partial charge in [-0.05, 0) is 60.8 Å². The predicted molar refractivity (Wildman–Crippen MR) is 107 cm³/mol. The number of nitrogens with one attached hydrogen (secondary N) is 1. The molecule has 0 saturated carbocycles. The van der Waals surface area contributed by atoms with Crippen molar-refractivity contribution in [2.75, 3.05) is 33.7 Å². The van der Waals surface area contributed by atoms with Gasteiger partial charge in [-0.3, -0.25) is 9.59 Å². The lowest BCUT2D eigenvalue weighted by Gasteiger charge is -2.32. The Morgan fingerprint density at radius 3 is 2.85 bits per heavy atom. The Labute approximate surface area is 162 Å². The molecular formula is C19H25N3O2S2. The van der Waals surface area contributed by atoms with Gasteiger partial charge in [-0.25, -0.2) is 0 Å². The van der Waals surface area contributed by atoms with Crippen LogP contribution in [0.1, 0.15) is 34.1 Å². The summed E-state index contributed by atoms with van der Waals surface area (Å²) >= 11 is 3.12. The summed E-state index contributed by atoms with van der Waals surface area (Å²) in [6, 6.07) is 6.00. The molecule has 0 aromatic carbocycles. The van der Waals surface area contributed by atoms with Gasteiger partial charge in [0.2, 0.25) is 5.91 Å². The van der Waals surface area contributed by atoms with Crippen LogP contribution in [0.3, 0.4) is 0 Å². The van der Waals surface area contributed by atoms with E-state index < -0.39 is 0 Å². The SMILES string of the molecule is CN(C)[C@@H](CNC(=O)[C@@H]1CCCN(C(=O)c2cccs2)C1)c1ccsc1. The first-order valence-electron chi connectivity index (χ1n) is 8.85. The zero-order valence-corrected chi connectivity index (χ0v) is 16.8. The molecule has 26 heavy (non-hydrogen) atoms. The van der Waals surface area contributed by atoms with Crippen LogP contribution >= 0.6 is 22.7 Å². The number of likely N-dealkylation sites (N-methyl/N-ethyl adjacent to an activating group) is 1. The molecule has 3 rings (SSSR count). The van der Waals surface area contributed by atoms with Gasteiger partial charge < -0.3 is 15.1 Å². The van der Waals surface area contributed by atoms with Crippen molar-refractivity contribution in [1.82, 2.24) is 15.1 Å². The lowest BCUT2D eigenvalue weighted by molar-refractivity contribution is -0.126. The Morgan fingerprint density at radius 1 is 1.35 bits per heavy atom. The zero-order valence-electron chi connectivity index (χ0n) is 15.2. The number of amides is 2. The van der Waals surface area contributed by atoms with Crippen molar-refractivity contribution < 1.29 is 9.59 Å². The Hall–Kier alpha value is -1.70. The topological polar surface area (TPSA) is 52.7 Å². The number of rotatable bonds is 6. The molecule has 0 aliphatic carbocycles. The average molecular weight is 392 g/mol. The lowest BCUT2D eigenvalue weighted by atomic mass is 9.96. The van der Waals surface area contributed by atoms with Crippen molar-refractivity contribution in [2.45, 2.75) is 18.9 Å². The molecule has 1 aliphatic heterocycles. The highest BCUT2D eigenvalue weighted by molar-refractivity contribution is 7.12. The van der Waals surface area contributed by atoms with E-state index in [9.17, 15) is 9.59 Å². The first kappa shape index (κ1) is 19.1. The fourth-order valence-corrected chi connectivity index (χ4v) is 4.73. The molecule has 1 saturated heterocycles. The lowest BCUT2D eigenvalue weighted by Crippen LogP contribution is -2.46. The second-order valence-electron chi connectivity index (χ2n) is 6.85. The molecule has 2 aromatic heterocycles. The van der Waals surface area contributed by atoms with E-state index in [1.165, 1.54) is 16.9 Å². The van der Waals surface area contributed by atoms with E-state index in [1.54, 1.807) is 11.3 Å². The van der Waals surface area contributed by atoms with Gasteiger partial charge in [0.15, 0.2) is 0 Å². The molecule has 2 atom stereocenters. The first-order valence-corrected chi connectivity index (χ1v) is 10.7. The summed E-state index contributed by atoms with van der Waals surface area (Å²) in [7, 11) is 4.05. The molecule has 1 aliphatic rings. The van der Waals surface area contributed by atoms with Crippen molar-refractivity contribution in [3.05, 3.63) is 44.8 Å². The molecule has 2 amide bonds. The van der Waals surface area contributed by atoms with E-state index in [2.05, 4.69) is 27.0 Å². The largest absolute Gasteiger partial charge is 0.354 e. The van der Waals surface area contributed by atoms with Gasteiger partial charge in [0, 0.05) is 19.6 Å². The van der Waals surface area contributed by atoms with Gasteiger partial charge in [0.05, 0.1) is 16.8 Å². The van der Waals surface area contributed by atoms with Gasteiger partial charge in [0.1, 0.15) is 0 Å². The van der Waals surface area contributed by atoms with Crippen LogP contribution < -0.4 is 5.32 Å². The van der Waals surface area contributed by atoms with Crippen LogP contribution in [0, 0.1) is 5.92 Å². The van der Waals surface area contributed by atoms with Crippen molar-refractivity contribution >= 4 is 34.5 Å². The minimum atomic E-state index is -0.127. The second kappa shape index (κ2) is 8.79. The molecule has 3 heterocycles. The number of nitrogens with zero attached hydrogens (tertiary/aromatic N) is 2. The average Bonchev–Trinajstić information content (AvgIpc) is 3.35. The smallest absolute Gasteiger partial charge is 0.263 e. The second-order valence-corrected chi connectivity index (χ2v) is 8.58. The Balaban J connectivity index is 1.56. The molecular weight excluding hydrogens is 366 g/mol. The third-order valence-electron chi connectivity index (χ3n) is 4.83. The normalized spacial score (nSPS) is 18.7. The quantitative estimate of drug-likeness (QED) is 0.823. The van der Waals surface area contributed by atoms with Gasteiger partial charge in [-0.2, -0.15) is 11.3 Å². The van der Waals surface area contributed by atoms with E-state index in [0.717, 1.165) is 24.3 Å². The standard InChI is InChI=1S/C19H25N3O2S2/c1-21(2)16(15-7-10-25-13-15)11-20-18(23)14-5-3-8-22(12-14)19(24)17-6-4-9-26-17/h4,6-7,9-10,13-14,16H,3,5,8,11-12H2,1-2H3,(H,20,23)/t14-,16+/m1/s1. The molecule has 0 unspecified atom stereocenters. The number of likely N-dealkylation sites (tertiary alicyclic amines) is 1. The summed E-state index contributed by atoms with van der Waals surface area (Å²) in [5.74, 6) is -0.0318. The first-order chi connectivity index (χ1) is 12.6. The van der Waals surface area contributed by atoms with E-state index in [1.807, 2.05) is 36.5 Å². The highest BCUT2D eigenvalue weighted by Gasteiger charge is 2.29. The van der Waals surface area contributed by atoms with Gasteiger partial charge in [0.25, 0.3) is 5.91 Å². The van der Waals surface area contributed by atoms with E-state index in [0.29, 0.717) is 13.1 Å².